The number of rotatable bonds is 5. The van der Waals surface area contributed by atoms with Crippen molar-refractivity contribution >= 4 is 23.2 Å². The zero-order valence-corrected chi connectivity index (χ0v) is 12.6. The highest BCUT2D eigenvalue weighted by molar-refractivity contribution is 7.12. The minimum absolute atomic E-state index is 0.173. The fourth-order valence-corrected chi connectivity index (χ4v) is 3.58. The number of nitrogens with zero attached hydrogens (tertiary/aromatic N) is 1. The molecule has 110 valence electrons. The van der Waals surface area contributed by atoms with Gasteiger partial charge in [0.25, 0.3) is 0 Å². The van der Waals surface area contributed by atoms with E-state index in [2.05, 4.69) is 0 Å². The summed E-state index contributed by atoms with van der Waals surface area (Å²) < 4.78 is 0. The maximum atomic E-state index is 12.3. The quantitative estimate of drug-likeness (QED) is 0.908. The first-order valence-corrected chi connectivity index (χ1v) is 7.91. The summed E-state index contributed by atoms with van der Waals surface area (Å²) in [4.78, 5) is 27.1. The maximum absolute atomic E-state index is 12.3. The lowest BCUT2D eigenvalue weighted by Gasteiger charge is -2.32. The third-order valence-corrected chi connectivity index (χ3v) is 4.76. The van der Waals surface area contributed by atoms with Crippen LogP contribution in [0.15, 0.2) is 12.1 Å². The number of carboxylic acids is 1. The molecule has 0 unspecified atom stereocenters. The summed E-state index contributed by atoms with van der Waals surface area (Å²) in [6.45, 7) is 3.57. The minimum Gasteiger partial charge on any atom is -0.481 e. The number of thiophene rings is 1. The molecule has 1 aromatic rings. The molecular weight excluding hydrogens is 274 g/mol. The van der Waals surface area contributed by atoms with Crippen LogP contribution >= 0.6 is 11.3 Å². The van der Waals surface area contributed by atoms with Crippen molar-refractivity contribution in [3.8, 4) is 0 Å². The van der Waals surface area contributed by atoms with Crippen LogP contribution in [-0.4, -0.2) is 35.0 Å². The van der Waals surface area contributed by atoms with Gasteiger partial charge in [0.2, 0.25) is 5.91 Å². The van der Waals surface area contributed by atoms with E-state index < -0.39 is 5.97 Å². The highest BCUT2D eigenvalue weighted by atomic mass is 32.1. The Kier molecular flexibility index (Phi) is 5.17. The lowest BCUT2D eigenvalue weighted by Crippen LogP contribution is -2.40. The van der Waals surface area contributed by atoms with Gasteiger partial charge in [0, 0.05) is 29.3 Å². The summed E-state index contributed by atoms with van der Waals surface area (Å²) in [5, 5.41) is 8.74. The van der Waals surface area contributed by atoms with Crippen molar-refractivity contribution in [2.75, 3.05) is 13.1 Å². The minimum atomic E-state index is -0.748. The second-order valence-electron chi connectivity index (χ2n) is 5.47. The molecule has 0 aromatic carbocycles. The molecule has 1 aliphatic rings. The molecule has 1 atom stereocenters. The molecule has 1 amide bonds. The van der Waals surface area contributed by atoms with E-state index in [9.17, 15) is 9.59 Å². The predicted octanol–water partition coefficient (Wildman–Crippen LogP) is 2.70. The molecule has 0 saturated carbocycles. The fraction of sp³-hybridized carbons (Fsp3) is 0.600. The Bertz CT molecular complexity index is 483. The SMILES string of the molecule is Cc1ccc(CC(=O)N2CCC[C@@H](CCC(=O)O)C2)s1. The van der Waals surface area contributed by atoms with Crippen LogP contribution in [0.4, 0.5) is 0 Å². The average molecular weight is 295 g/mol. The second kappa shape index (κ2) is 6.88. The van der Waals surface area contributed by atoms with Crippen LogP contribution < -0.4 is 0 Å². The van der Waals surface area contributed by atoms with Gasteiger partial charge in [-0.2, -0.15) is 0 Å². The topological polar surface area (TPSA) is 57.6 Å². The van der Waals surface area contributed by atoms with E-state index in [-0.39, 0.29) is 12.3 Å². The molecular formula is C15H21NO3S. The molecule has 5 heteroatoms. The number of amides is 1. The monoisotopic (exact) mass is 295 g/mol. The summed E-state index contributed by atoms with van der Waals surface area (Å²) in [5.41, 5.74) is 0. The van der Waals surface area contributed by atoms with Gasteiger partial charge in [0.05, 0.1) is 6.42 Å². The Balaban J connectivity index is 1.84. The summed E-state index contributed by atoms with van der Waals surface area (Å²) in [6, 6.07) is 4.06. The molecule has 0 spiro atoms. The Morgan fingerprint density at radius 1 is 1.45 bits per heavy atom. The van der Waals surface area contributed by atoms with E-state index in [1.807, 2.05) is 24.0 Å². The van der Waals surface area contributed by atoms with Gasteiger partial charge >= 0.3 is 5.97 Å². The van der Waals surface area contributed by atoms with Crippen LogP contribution in [0.2, 0.25) is 0 Å². The number of piperidine rings is 1. The molecule has 1 aromatic heterocycles. The molecule has 1 fully saturated rings. The highest BCUT2D eigenvalue weighted by Gasteiger charge is 2.24. The van der Waals surface area contributed by atoms with Gasteiger partial charge in [-0.3, -0.25) is 9.59 Å². The van der Waals surface area contributed by atoms with Crippen molar-refractivity contribution in [1.82, 2.24) is 4.90 Å². The maximum Gasteiger partial charge on any atom is 0.303 e. The molecule has 1 saturated heterocycles. The van der Waals surface area contributed by atoms with Gasteiger partial charge < -0.3 is 10.0 Å². The third kappa shape index (κ3) is 4.34. The van der Waals surface area contributed by atoms with E-state index in [4.69, 9.17) is 5.11 Å². The number of likely N-dealkylation sites (tertiary alicyclic amines) is 1. The van der Waals surface area contributed by atoms with Crippen molar-refractivity contribution in [3.05, 3.63) is 21.9 Å². The first kappa shape index (κ1) is 15.0. The Labute approximate surface area is 123 Å². The van der Waals surface area contributed by atoms with Crippen LogP contribution in [0.1, 0.15) is 35.4 Å². The smallest absolute Gasteiger partial charge is 0.303 e. The number of carbonyl (C=O) groups is 2. The van der Waals surface area contributed by atoms with Gasteiger partial charge in [0.1, 0.15) is 0 Å². The number of carboxylic acid groups (broad SMARTS) is 1. The van der Waals surface area contributed by atoms with E-state index in [0.717, 1.165) is 30.8 Å². The van der Waals surface area contributed by atoms with Crippen molar-refractivity contribution < 1.29 is 14.7 Å². The Morgan fingerprint density at radius 3 is 2.90 bits per heavy atom. The van der Waals surface area contributed by atoms with Gasteiger partial charge in [-0.05, 0) is 44.2 Å². The number of aryl methyl sites for hydroxylation is 1. The predicted molar refractivity (Wildman–Crippen MR) is 78.9 cm³/mol. The lowest BCUT2D eigenvalue weighted by atomic mass is 9.93. The second-order valence-corrected chi connectivity index (χ2v) is 6.84. The van der Waals surface area contributed by atoms with E-state index in [1.54, 1.807) is 11.3 Å². The zero-order chi connectivity index (χ0) is 14.5. The first-order chi connectivity index (χ1) is 9.54. The Morgan fingerprint density at radius 2 is 2.25 bits per heavy atom. The fourth-order valence-electron chi connectivity index (χ4n) is 2.70. The standard InChI is InChI=1S/C15H21NO3S/c1-11-4-6-13(20-11)9-14(17)16-8-2-3-12(10-16)5-7-15(18)19/h4,6,12H,2-3,5,7-10H2,1H3,(H,18,19)/t12-/m0/s1. The van der Waals surface area contributed by atoms with Gasteiger partial charge in [-0.25, -0.2) is 0 Å². The molecule has 1 aliphatic heterocycles. The third-order valence-electron chi connectivity index (χ3n) is 3.76. The molecule has 0 radical (unpaired) electrons. The largest absolute Gasteiger partial charge is 0.481 e. The van der Waals surface area contributed by atoms with Gasteiger partial charge in [-0.1, -0.05) is 0 Å². The summed E-state index contributed by atoms with van der Waals surface area (Å²) in [6.07, 6.45) is 3.38. The number of carbonyl (C=O) groups excluding carboxylic acids is 1. The molecule has 4 nitrogen and oxygen atoms in total. The van der Waals surface area contributed by atoms with Crippen molar-refractivity contribution in [1.29, 1.82) is 0 Å². The lowest BCUT2D eigenvalue weighted by molar-refractivity contribution is -0.137. The van der Waals surface area contributed by atoms with Crippen LogP contribution in [0, 0.1) is 12.8 Å². The van der Waals surface area contributed by atoms with Crippen LogP contribution in [0.25, 0.3) is 0 Å². The summed E-state index contributed by atoms with van der Waals surface area (Å²) in [7, 11) is 0. The van der Waals surface area contributed by atoms with E-state index in [0.29, 0.717) is 18.8 Å². The van der Waals surface area contributed by atoms with Crippen LogP contribution in [-0.2, 0) is 16.0 Å². The zero-order valence-electron chi connectivity index (χ0n) is 11.8. The van der Waals surface area contributed by atoms with Crippen molar-refractivity contribution in [2.24, 2.45) is 5.92 Å². The molecule has 0 aliphatic carbocycles. The van der Waals surface area contributed by atoms with Gasteiger partial charge in [-0.15, -0.1) is 11.3 Å². The molecule has 0 bridgehead atoms. The first-order valence-electron chi connectivity index (χ1n) is 7.09. The summed E-state index contributed by atoms with van der Waals surface area (Å²) in [5.74, 6) is -0.233. The Hall–Kier alpha value is -1.36. The highest BCUT2D eigenvalue weighted by Crippen LogP contribution is 2.23. The van der Waals surface area contributed by atoms with E-state index in [1.165, 1.54) is 4.88 Å². The van der Waals surface area contributed by atoms with Gasteiger partial charge in [0.15, 0.2) is 0 Å². The average Bonchev–Trinajstić information content (AvgIpc) is 2.82. The van der Waals surface area contributed by atoms with Crippen LogP contribution in [0.5, 0.6) is 0 Å². The van der Waals surface area contributed by atoms with Crippen molar-refractivity contribution in [2.45, 2.75) is 39.0 Å². The van der Waals surface area contributed by atoms with Crippen LogP contribution in [0.3, 0.4) is 0 Å². The van der Waals surface area contributed by atoms with E-state index >= 15 is 0 Å². The number of aliphatic carboxylic acids is 1. The molecule has 2 heterocycles. The summed E-state index contributed by atoms with van der Waals surface area (Å²) >= 11 is 1.67. The van der Waals surface area contributed by atoms with Crippen molar-refractivity contribution in [3.63, 3.8) is 0 Å². The number of hydrogen-bond donors (Lipinski definition) is 1. The molecule has 1 N–H and O–H groups in total. The normalized spacial score (nSPS) is 19.1. The molecule has 2 rings (SSSR count). The molecule has 20 heavy (non-hydrogen) atoms. The number of hydrogen-bond acceptors (Lipinski definition) is 3.